The fourth-order valence-electron chi connectivity index (χ4n) is 4.74. The Balaban J connectivity index is 1.93. The lowest BCUT2D eigenvalue weighted by Crippen LogP contribution is -2.40. The number of unbranched alkanes of at least 4 members (excludes halogenated alkanes) is 18. The second kappa shape index (κ2) is 21.1. The van der Waals surface area contributed by atoms with Crippen LogP contribution < -0.4 is 10.6 Å². The van der Waals surface area contributed by atoms with E-state index in [4.69, 9.17) is 0 Å². The van der Waals surface area contributed by atoms with Gasteiger partial charge >= 0.3 is 0 Å². The maximum atomic E-state index is 12.3. The van der Waals surface area contributed by atoms with E-state index in [0.29, 0.717) is 17.7 Å². The molecule has 1 rings (SSSR count). The quantitative estimate of drug-likeness (QED) is 0.151. The van der Waals surface area contributed by atoms with Gasteiger partial charge in [0.2, 0.25) is 5.91 Å². The van der Waals surface area contributed by atoms with Crippen LogP contribution in [0.3, 0.4) is 0 Å². The van der Waals surface area contributed by atoms with Crippen molar-refractivity contribution in [1.29, 1.82) is 0 Å². The number of benzene rings is 1. The number of rotatable bonds is 22. The highest BCUT2D eigenvalue weighted by atomic mass is 16.2. The Labute approximate surface area is 229 Å². The van der Waals surface area contributed by atoms with Crippen molar-refractivity contribution in [2.75, 3.05) is 5.32 Å². The van der Waals surface area contributed by atoms with Gasteiger partial charge in [-0.05, 0) is 45.4 Å². The lowest BCUT2D eigenvalue weighted by atomic mass is 10.0. The first-order valence-electron chi connectivity index (χ1n) is 15.5. The standard InChI is InChI=1S/C33H58N2O2/c1-5-6-7-8-9-10-11-12-13-14-15-16-17-18-19-20-21-22-23-27-31(36)34-30-26-24-25-29(28-30)32(37)35-33(2,3)4/h24-26,28H,5-23,27H2,1-4H3,(H,34,36)(H,35,37). The molecule has 1 aromatic rings. The summed E-state index contributed by atoms with van der Waals surface area (Å²) in [5.74, 6) is -0.0947. The van der Waals surface area contributed by atoms with E-state index < -0.39 is 0 Å². The number of amides is 2. The molecule has 0 spiro atoms. The Kier molecular flexibility index (Phi) is 19.0. The zero-order valence-electron chi connectivity index (χ0n) is 24.8. The molecule has 0 aliphatic carbocycles. The van der Waals surface area contributed by atoms with Gasteiger partial charge in [0.25, 0.3) is 5.91 Å². The van der Waals surface area contributed by atoms with Crippen molar-refractivity contribution in [1.82, 2.24) is 5.32 Å². The van der Waals surface area contributed by atoms with Gasteiger partial charge in [-0.25, -0.2) is 0 Å². The van der Waals surface area contributed by atoms with E-state index in [-0.39, 0.29) is 17.4 Å². The number of anilines is 1. The monoisotopic (exact) mass is 514 g/mol. The molecule has 2 amide bonds. The van der Waals surface area contributed by atoms with Crippen LogP contribution in [0.15, 0.2) is 24.3 Å². The van der Waals surface area contributed by atoms with Crippen molar-refractivity contribution in [3.8, 4) is 0 Å². The summed E-state index contributed by atoms with van der Waals surface area (Å²) in [5.41, 5.74) is 0.962. The van der Waals surface area contributed by atoms with Gasteiger partial charge in [-0.1, -0.05) is 129 Å². The smallest absolute Gasteiger partial charge is 0.251 e. The van der Waals surface area contributed by atoms with E-state index in [0.717, 1.165) is 12.8 Å². The highest BCUT2D eigenvalue weighted by Crippen LogP contribution is 2.16. The van der Waals surface area contributed by atoms with E-state index >= 15 is 0 Å². The molecule has 0 bridgehead atoms. The van der Waals surface area contributed by atoms with Crippen molar-refractivity contribution in [3.05, 3.63) is 29.8 Å². The highest BCUT2D eigenvalue weighted by molar-refractivity contribution is 5.97. The van der Waals surface area contributed by atoms with Gasteiger partial charge in [0.05, 0.1) is 0 Å². The van der Waals surface area contributed by atoms with Gasteiger partial charge in [-0.15, -0.1) is 0 Å². The van der Waals surface area contributed by atoms with E-state index in [9.17, 15) is 9.59 Å². The largest absolute Gasteiger partial charge is 0.347 e. The Morgan fingerprint density at radius 1 is 0.649 bits per heavy atom. The molecule has 37 heavy (non-hydrogen) atoms. The van der Waals surface area contributed by atoms with Crippen LogP contribution in [0, 0.1) is 0 Å². The predicted octanol–water partition coefficient (Wildman–Crippen LogP) is 9.98. The molecule has 212 valence electrons. The zero-order valence-corrected chi connectivity index (χ0v) is 24.8. The fraction of sp³-hybridized carbons (Fsp3) is 0.758. The van der Waals surface area contributed by atoms with Gasteiger partial charge in [0.1, 0.15) is 0 Å². The highest BCUT2D eigenvalue weighted by Gasteiger charge is 2.15. The van der Waals surface area contributed by atoms with Gasteiger partial charge < -0.3 is 10.6 Å². The topological polar surface area (TPSA) is 58.2 Å². The summed E-state index contributed by atoms with van der Waals surface area (Å²) in [6.07, 6.45) is 26.2. The molecular formula is C33H58N2O2. The molecule has 0 atom stereocenters. The minimum atomic E-state index is -0.289. The van der Waals surface area contributed by atoms with Crippen LogP contribution in [0.25, 0.3) is 0 Å². The van der Waals surface area contributed by atoms with Crippen LogP contribution >= 0.6 is 0 Å². The summed E-state index contributed by atoms with van der Waals surface area (Å²) >= 11 is 0. The molecular weight excluding hydrogens is 456 g/mol. The molecule has 0 heterocycles. The second-order valence-corrected chi connectivity index (χ2v) is 11.9. The summed E-state index contributed by atoms with van der Waals surface area (Å²) < 4.78 is 0. The molecule has 1 aromatic carbocycles. The van der Waals surface area contributed by atoms with E-state index in [2.05, 4.69) is 17.6 Å². The summed E-state index contributed by atoms with van der Waals surface area (Å²) in [5, 5.41) is 5.89. The molecule has 4 heteroatoms. The lowest BCUT2D eigenvalue weighted by Gasteiger charge is -2.20. The molecule has 0 aliphatic heterocycles. The number of carbonyl (C=O) groups excluding carboxylic acids is 2. The van der Waals surface area contributed by atoms with E-state index in [1.807, 2.05) is 32.9 Å². The Hall–Kier alpha value is -1.84. The molecule has 0 aromatic heterocycles. The number of carbonyl (C=O) groups is 2. The van der Waals surface area contributed by atoms with Crippen molar-refractivity contribution >= 4 is 17.5 Å². The molecule has 0 unspecified atom stereocenters. The van der Waals surface area contributed by atoms with Crippen molar-refractivity contribution < 1.29 is 9.59 Å². The van der Waals surface area contributed by atoms with Gasteiger partial charge in [0, 0.05) is 23.2 Å². The predicted molar refractivity (Wildman–Crippen MR) is 160 cm³/mol. The van der Waals surface area contributed by atoms with Crippen LogP contribution in [0.1, 0.15) is 166 Å². The maximum absolute atomic E-state index is 12.3. The molecule has 4 nitrogen and oxygen atoms in total. The van der Waals surface area contributed by atoms with Crippen LogP contribution in [0.5, 0.6) is 0 Å². The zero-order chi connectivity index (χ0) is 27.2. The summed E-state index contributed by atoms with van der Waals surface area (Å²) in [4.78, 5) is 24.6. The third-order valence-corrected chi connectivity index (χ3v) is 6.90. The Morgan fingerprint density at radius 3 is 1.51 bits per heavy atom. The third-order valence-electron chi connectivity index (χ3n) is 6.90. The SMILES string of the molecule is CCCCCCCCCCCCCCCCCCCCCC(=O)Nc1cccc(C(=O)NC(C)(C)C)c1. The van der Waals surface area contributed by atoms with Gasteiger partial charge in [0.15, 0.2) is 0 Å². The molecule has 2 N–H and O–H groups in total. The molecule has 0 saturated heterocycles. The second-order valence-electron chi connectivity index (χ2n) is 11.9. The summed E-state index contributed by atoms with van der Waals surface area (Å²) in [6, 6.07) is 7.16. The van der Waals surface area contributed by atoms with E-state index in [1.54, 1.807) is 12.1 Å². The van der Waals surface area contributed by atoms with Crippen molar-refractivity contribution in [2.45, 2.75) is 162 Å². The number of hydrogen-bond acceptors (Lipinski definition) is 2. The summed E-state index contributed by atoms with van der Waals surface area (Å²) in [7, 11) is 0. The number of hydrogen-bond donors (Lipinski definition) is 2. The third kappa shape index (κ3) is 19.9. The minimum absolute atomic E-state index is 0.0281. The van der Waals surface area contributed by atoms with Crippen molar-refractivity contribution in [2.24, 2.45) is 0 Å². The Morgan fingerprint density at radius 2 is 1.08 bits per heavy atom. The van der Waals surface area contributed by atoms with Crippen LogP contribution in [-0.2, 0) is 4.79 Å². The van der Waals surface area contributed by atoms with Crippen LogP contribution in [0.2, 0.25) is 0 Å². The normalized spacial score (nSPS) is 11.5. The van der Waals surface area contributed by atoms with Crippen LogP contribution in [-0.4, -0.2) is 17.4 Å². The van der Waals surface area contributed by atoms with Crippen molar-refractivity contribution in [3.63, 3.8) is 0 Å². The first-order valence-corrected chi connectivity index (χ1v) is 15.5. The van der Waals surface area contributed by atoms with Gasteiger partial charge in [-0.3, -0.25) is 9.59 Å². The average Bonchev–Trinajstić information content (AvgIpc) is 2.84. The first-order chi connectivity index (χ1) is 17.8. The molecule has 0 radical (unpaired) electrons. The first kappa shape index (κ1) is 33.2. The van der Waals surface area contributed by atoms with Gasteiger partial charge in [-0.2, -0.15) is 0 Å². The summed E-state index contributed by atoms with van der Waals surface area (Å²) in [6.45, 7) is 8.15. The molecule has 0 fully saturated rings. The number of nitrogens with one attached hydrogen (secondary N) is 2. The average molecular weight is 515 g/mol. The van der Waals surface area contributed by atoms with Crippen LogP contribution in [0.4, 0.5) is 5.69 Å². The van der Waals surface area contributed by atoms with E-state index in [1.165, 1.54) is 109 Å². The minimum Gasteiger partial charge on any atom is -0.347 e. The molecule has 0 saturated carbocycles. The Bertz CT molecular complexity index is 723. The maximum Gasteiger partial charge on any atom is 0.251 e. The molecule has 0 aliphatic rings. The lowest BCUT2D eigenvalue weighted by molar-refractivity contribution is -0.116. The fourth-order valence-corrected chi connectivity index (χ4v) is 4.74.